The summed E-state index contributed by atoms with van der Waals surface area (Å²) in [6, 6.07) is 7.51. The molecule has 6 heteroatoms. The van der Waals surface area contributed by atoms with Crippen LogP contribution in [0.25, 0.3) is 11.5 Å². The van der Waals surface area contributed by atoms with Crippen LogP contribution in [0.5, 0.6) is 0 Å². The van der Waals surface area contributed by atoms with E-state index in [0.717, 1.165) is 15.6 Å². The van der Waals surface area contributed by atoms with Crippen molar-refractivity contribution in [3.63, 3.8) is 0 Å². The van der Waals surface area contributed by atoms with Gasteiger partial charge in [0.05, 0.1) is 5.56 Å². The molecule has 0 amide bonds. The number of carbonyl (C=O) groups is 1. The number of rotatable bonds is 4. The summed E-state index contributed by atoms with van der Waals surface area (Å²) in [6.07, 6.45) is 1.41. The zero-order valence-corrected chi connectivity index (χ0v) is 12.7. The molecule has 0 aliphatic heterocycles. The molecule has 0 aliphatic carbocycles. The number of benzene rings is 1. The van der Waals surface area contributed by atoms with Gasteiger partial charge in [0.2, 0.25) is 5.89 Å². The van der Waals surface area contributed by atoms with E-state index in [1.165, 1.54) is 6.08 Å². The van der Waals surface area contributed by atoms with Crippen LogP contribution in [-0.4, -0.2) is 16.2 Å². The minimum Gasteiger partial charge on any atom is -0.452 e. The molecule has 1 aromatic carbocycles. The van der Waals surface area contributed by atoms with E-state index >= 15 is 0 Å². The average Bonchev–Trinajstić information content (AvgIpc) is 2.85. The summed E-state index contributed by atoms with van der Waals surface area (Å²) < 4.78 is 11.3. The smallest absolute Gasteiger partial charge is 0.331 e. The number of esters is 1. The molecule has 2 aromatic rings. The molecule has 0 saturated carbocycles. The van der Waals surface area contributed by atoms with Crippen LogP contribution in [0, 0.1) is 0 Å². The number of nitrogens with zero attached hydrogens (tertiary/aromatic N) is 2. The second-order valence-electron chi connectivity index (χ2n) is 4.31. The lowest BCUT2D eigenvalue weighted by Gasteiger charge is -1.98. The summed E-state index contributed by atoms with van der Waals surface area (Å²) >= 11 is 3.41. The maximum Gasteiger partial charge on any atom is 0.331 e. The number of hydrogen-bond acceptors (Lipinski definition) is 5. The first-order valence-corrected chi connectivity index (χ1v) is 6.74. The van der Waals surface area contributed by atoms with Crippen molar-refractivity contribution in [1.82, 2.24) is 10.2 Å². The van der Waals surface area contributed by atoms with Crippen LogP contribution in [-0.2, 0) is 16.1 Å². The highest BCUT2D eigenvalue weighted by molar-refractivity contribution is 9.10. The maximum atomic E-state index is 11.4. The monoisotopic (exact) mass is 336 g/mol. The molecule has 0 fully saturated rings. The molecule has 0 radical (unpaired) electrons. The third-order valence-electron chi connectivity index (χ3n) is 2.32. The number of allylic oxidation sites excluding steroid dienone is 1. The Morgan fingerprint density at radius 1 is 1.35 bits per heavy atom. The molecule has 1 aromatic heterocycles. The first-order chi connectivity index (χ1) is 9.56. The highest BCUT2D eigenvalue weighted by Crippen LogP contribution is 2.26. The number of carbonyl (C=O) groups excluding carboxylic acids is 1. The summed E-state index contributed by atoms with van der Waals surface area (Å²) in [5.74, 6) is 0.211. The summed E-state index contributed by atoms with van der Waals surface area (Å²) in [5.41, 5.74) is 1.66. The lowest BCUT2D eigenvalue weighted by atomic mass is 10.2. The SMILES string of the molecule is CC(C)=CC(=O)OCc1nnc(-c2ccccc2Br)o1. The average molecular weight is 337 g/mol. The van der Waals surface area contributed by atoms with E-state index in [-0.39, 0.29) is 12.5 Å². The van der Waals surface area contributed by atoms with E-state index in [0.29, 0.717) is 5.89 Å². The van der Waals surface area contributed by atoms with Crippen LogP contribution in [0.4, 0.5) is 0 Å². The first kappa shape index (κ1) is 14.5. The van der Waals surface area contributed by atoms with E-state index in [9.17, 15) is 4.79 Å². The zero-order valence-electron chi connectivity index (χ0n) is 11.1. The van der Waals surface area contributed by atoms with Crippen LogP contribution >= 0.6 is 15.9 Å². The Morgan fingerprint density at radius 2 is 2.10 bits per heavy atom. The Balaban J connectivity index is 2.05. The van der Waals surface area contributed by atoms with Crippen LogP contribution in [0.2, 0.25) is 0 Å². The number of halogens is 1. The van der Waals surface area contributed by atoms with Gasteiger partial charge in [-0.05, 0) is 41.9 Å². The molecule has 0 aliphatic rings. The minimum atomic E-state index is -0.425. The number of ether oxygens (including phenoxy) is 1. The van der Waals surface area contributed by atoms with Gasteiger partial charge in [0.1, 0.15) is 0 Å². The van der Waals surface area contributed by atoms with Crippen molar-refractivity contribution in [3.8, 4) is 11.5 Å². The maximum absolute atomic E-state index is 11.4. The molecule has 0 bridgehead atoms. The highest BCUT2D eigenvalue weighted by atomic mass is 79.9. The quantitative estimate of drug-likeness (QED) is 0.631. The zero-order chi connectivity index (χ0) is 14.5. The van der Waals surface area contributed by atoms with Crippen molar-refractivity contribution in [3.05, 3.63) is 46.3 Å². The van der Waals surface area contributed by atoms with Gasteiger partial charge in [-0.1, -0.05) is 17.7 Å². The molecule has 20 heavy (non-hydrogen) atoms. The second-order valence-corrected chi connectivity index (χ2v) is 5.16. The fourth-order valence-electron chi connectivity index (χ4n) is 1.47. The van der Waals surface area contributed by atoms with Crippen LogP contribution in [0.15, 0.2) is 44.8 Å². The van der Waals surface area contributed by atoms with Crippen molar-refractivity contribution in [2.75, 3.05) is 0 Å². The van der Waals surface area contributed by atoms with E-state index < -0.39 is 5.97 Å². The normalized spacial score (nSPS) is 10.2. The molecule has 2 rings (SSSR count). The van der Waals surface area contributed by atoms with Crippen molar-refractivity contribution < 1.29 is 13.9 Å². The molecule has 0 spiro atoms. The summed E-state index contributed by atoms with van der Waals surface area (Å²) in [5, 5.41) is 7.78. The van der Waals surface area contributed by atoms with E-state index in [2.05, 4.69) is 26.1 Å². The standard InChI is InChI=1S/C14H13BrN2O3/c1-9(2)7-13(18)19-8-12-16-17-14(20-12)10-5-3-4-6-11(10)15/h3-7H,8H2,1-2H3. The van der Waals surface area contributed by atoms with Gasteiger partial charge in [-0.25, -0.2) is 4.79 Å². The molecule has 0 unspecified atom stereocenters. The fourth-order valence-corrected chi connectivity index (χ4v) is 1.92. The van der Waals surface area contributed by atoms with Crippen LogP contribution in [0.3, 0.4) is 0 Å². The van der Waals surface area contributed by atoms with Gasteiger partial charge in [0.15, 0.2) is 6.61 Å². The van der Waals surface area contributed by atoms with Crippen molar-refractivity contribution in [2.45, 2.75) is 20.5 Å². The lowest BCUT2D eigenvalue weighted by molar-refractivity contribution is -0.139. The van der Waals surface area contributed by atoms with Gasteiger partial charge in [-0.3, -0.25) is 0 Å². The summed E-state index contributed by atoms with van der Waals surface area (Å²) in [4.78, 5) is 11.4. The van der Waals surface area contributed by atoms with Gasteiger partial charge < -0.3 is 9.15 Å². The Bertz CT molecular complexity index is 645. The topological polar surface area (TPSA) is 65.2 Å². The molecule has 0 N–H and O–H groups in total. The first-order valence-electron chi connectivity index (χ1n) is 5.95. The molecular weight excluding hydrogens is 324 g/mol. The Kier molecular flexibility index (Phi) is 4.68. The van der Waals surface area contributed by atoms with E-state index in [4.69, 9.17) is 9.15 Å². The summed E-state index contributed by atoms with van der Waals surface area (Å²) in [7, 11) is 0. The predicted octanol–water partition coefficient (Wildman–Crippen LogP) is 3.51. The highest BCUT2D eigenvalue weighted by Gasteiger charge is 2.12. The fraction of sp³-hybridized carbons (Fsp3) is 0.214. The van der Waals surface area contributed by atoms with Gasteiger partial charge >= 0.3 is 5.97 Å². The third-order valence-corrected chi connectivity index (χ3v) is 3.01. The second kappa shape index (κ2) is 6.47. The van der Waals surface area contributed by atoms with Crippen molar-refractivity contribution in [2.24, 2.45) is 0 Å². The van der Waals surface area contributed by atoms with E-state index in [1.807, 2.05) is 38.1 Å². The van der Waals surface area contributed by atoms with Crippen LogP contribution in [0.1, 0.15) is 19.7 Å². The third kappa shape index (κ3) is 3.77. The van der Waals surface area contributed by atoms with Gasteiger partial charge in [0.25, 0.3) is 5.89 Å². The molecule has 0 saturated heterocycles. The Hall–Kier alpha value is -1.95. The molecule has 0 atom stereocenters. The van der Waals surface area contributed by atoms with Gasteiger partial charge in [-0.15, -0.1) is 10.2 Å². The molecular formula is C14H13BrN2O3. The van der Waals surface area contributed by atoms with Crippen LogP contribution < -0.4 is 0 Å². The number of hydrogen-bond donors (Lipinski definition) is 0. The largest absolute Gasteiger partial charge is 0.452 e. The van der Waals surface area contributed by atoms with Gasteiger partial charge in [-0.2, -0.15) is 0 Å². The Morgan fingerprint density at radius 3 is 2.80 bits per heavy atom. The summed E-state index contributed by atoms with van der Waals surface area (Å²) in [6.45, 7) is 3.60. The minimum absolute atomic E-state index is 0.0416. The molecule has 104 valence electrons. The van der Waals surface area contributed by atoms with E-state index in [1.54, 1.807) is 0 Å². The number of aromatic nitrogens is 2. The van der Waals surface area contributed by atoms with Crippen molar-refractivity contribution in [1.29, 1.82) is 0 Å². The van der Waals surface area contributed by atoms with Gasteiger partial charge in [0, 0.05) is 10.5 Å². The molecule has 5 nitrogen and oxygen atoms in total. The lowest BCUT2D eigenvalue weighted by Crippen LogP contribution is -2.01. The molecule has 1 heterocycles. The Labute approximate surface area is 124 Å². The van der Waals surface area contributed by atoms with Crippen molar-refractivity contribution >= 4 is 21.9 Å². The predicted molar refractivity (Wildman–Crippen MR) is 76.7 cm³/mol.